The van der Waals surface area contributed by atoms with Crippen molar-refractivity contribution in [2.24, 2.45) is 0 Å². The first-order chi connectivity index (χ1) is 12.1. The summed E-state index contributed by atoms with van der Waals surface area (Å²) >= 11 is 5.76. The summed E-state index contributed by atoms with van der Waals surface area (Å²) in [7, 11) is 0. The first kappa shape index (κ1) is 17.2. The normalized spacial score (nSPS) is 10.7. The third-order valence-electron chi connectivity index (χ3n) is 3.97. The number of aromatic nitrogens is 2. The molecule has 128 valence electrons. The second kappa shape index (κ2) is 7.49. The Kier molecular flexibility index (Phi) is 5.14. The van der Waals surface area contributed by atoms with E-state index in [0.29, 0.717) is 11.3 Å². The molecule has 3 aromatic rings. The Morgan fingerprint density at radius 2 is 1.92 bits per heavy atom. The molecule has 25 heavy (non-hydrogen) atoms. The topological polar surface area (TPSA) is 57.8 Å². The zero-order chi connectivity index (χ0) is 17.8. The molecular weight excluding hydrogens is 341 g/mol. The molecule has 0 saturated carbocycles. The molecule has 0 saturated heterocycles. The number of benzene rings is 2. The van der Waals surface area contributed by atoms with Gasteiger partial charge in [0.25, 0.3) is 5.91 Å². The van der Waals surface area contributed by atoms with Crippen LogP contribution in [0.3, 0.4) is 0 Å². The number of rotatable bonds is 5. The van der Waals surface area contributed by atoms with Crippen molar-refractivity contribution < 1.29 is 9.18 Å². The molecule has 1 aromatic heterocycles. The molecule has 1 heterocycles. The molecule has 2 N–H and O–H groups in total. The van der Waals surface area contributed by atoms with Crippen molar-refractivity contribution >= 4 is 17.5 Å². The number of carbonyl (C=O) groups excluding carboxylic acids is 1. The van der Waals surface area contributed by atoms with Crippen LogP contribution in [-0.2, 0) is 13.0 Å². The molecule has 0 bridgehead atoms. The van der Waals surface area contributed by atoms with Gasteiger partial charge in [-0.15, -0.1) is 0 Å². The van der Waals surface area contributed by atoms with Crippen molar-refractivity contribution in [2.75, 3.05) is 0 Å². The molecule has 0 aliphatic heterocycles. The average Bonchev–Trinajstić information content (AvgIpc) is 3.12. The predicted octanol–water partition coefficient (Wildman–Crippen LogP) is 4.36. The average molecular weight is 358 g/mol. The van der Waals surface area contributed by atoms with Crippen molar-refractivity contribution in [1.82, 2.24) is 15.5 Å². The predicted molar refractivity (Wildman–Crippen MR) is 96.0 cm³/mol. The molecule has 0 radical (unpaired) electrons. The maximum atomic E-state index is 13.2. The largest absolute Gasteiger partial charge is 0.348 e. The van der Waals surface area contributed by atoms with E-state index >= 15 is 0 Å². The van der Waals surface area contributed by atoms with E-state index < -0.39 is 5.82 Å². The number of carbonyl (C=O) groups is 1. The molecule has 0 unspecified atom stereocenters. The first-order valence-corrected chi connectivity index (χ1v) is 8.31. The highest BCUT2D eigenvalue weighted by Crippen LogP contribution is 2.22. The number of aromatic amines is 1. The number of H-pyrrole nitrogens is 1. The molecular formula is C19H17ClFN3O. The van der Waals surface area contributed by atoms with Gasteiger partial charge in [0.1, 0.15) is 5.82 Å². The molecule has 4 nitrogen and oxygen atoms in total. The Bertz CT molecular complexity index is 890. The van der Waals surface area contributed by atoms with E-state index in [1.807, 2.05) is 24.3 Å². The van der Waals surface area contributed by atoms with Crippen LogP contribution >= 0.6 is 11.6 Å². The summed E-state index contributed by atoms with van der Waals surface area (Å²) in [5, 5.41) is 9.69. The zero-order valence-corrected chi connectivity index (χ0v) is 14.4. The van der Waals surface area contributed by atoms with E-state index in [-0.39, 0.29) is 17.5 Å². The van der Waals surface area contributed by atoms with Crippen LogP contribution in [0.15, 0.2) is 48.7 Å². The van der Waals surface area contributed by atoms with E-state index in [0.717, 1.165) is 17.5 Å². The fourth-order valence-electron chi connectivity index (χ4n) is 2.51. The number of hydrogen-bond donors (Lipinski definition) is 2. The molecule has 0 fully saturated rings. The van der Waals surface area contributed by atoms with Crippen molar-refractivity contribution in [1.29, 1.82) is 0 Å². The number of amides is 1. The van der Waals surface area contributed by atoms with E-state index in [4.69, 9.17) is 11.6 Å². The van der Waals surface area contributed by atoms with Gasteiger partial charge in [0.15, 0.2) is 0 Å². The van der Waals surface area contributed by atoms with Crippen LogP contribution in [0.5, 0.6) is 0 Å². The van der Waals surface area contributed by atoms with Gasteiger partial charge in [-0.1, -0.05) is 48.9 Å². The van der Waals surface area contributed by atoms with E-state index in [1.54, 1.807) is 6.07 Å². The summed E-state index contributed by atoms with van der Waals surface area (Å²) in [4.78, 5) is 12.5. The number of nitrogens with one attached hydrogen (secondary N) is 2. The first-order valence-electron chi connectivity index (χ1n) is 7.93. The van der Waals surface area contributed by atoms with Crippen molar-refractivity contribution in [3.63, 3.8) is 0 Å². The van der Waals surface area contributed by atoms with Crippen molar-refractivity contribution in [3.8, 4) is 11.3 Å². The maximum absolute atomic E-state index is 13.2. The lowest BCUT2D eigenvalue weighted by atomic mass is 10.0. The molecule has 2 aromatic carbocycles. The third kappa shape index (κ3) is 3.88. The van der Waals surface area contributed by atoms with E-state index in [1.165, 1.54) is 23.9 Å². The highest BCUT2D eigenvalue weighted by molar-refractivity contribution is 6.30. The zero-order valence-electron chi connectivity index (χ0n) is 13.6. The van der Waals surface area contributed by atoms with Gasteiger partial charge in [-0.3, -0.25) is 9.89 Å². The van der Waals surface area contributed by atoms with Gasteiger partial charge in [-0.25, -0.2) is 4.39 Å². The lowest BCUT2D eigenvalue weighted by molar-refractivity contribution is 0.0951. The highest BCUT2D eigenvalue weighted by Gasteiger charge is 2.15. The summed E-state index contributed by atoms with van der Waals surface area (Å²) in [6, 6.07) is 12.3. The van der Waals surface area contributed by atoms with Crippen LogP contribution in [0.25, 0.3) is 11.3 Å². The Balaban J connectivity index is 1.74. The van der Waals surface area contributed by atoms with Gasteiger partial charge in [0.2, 0.25) is 0 Å². The Morgan fingerprint density at radius 1 is 1.20 bits per heavy atom. The van der Waals surface area contributed by atoms with E-state index in [9.17, 15) is 9.18 Å². The summed E-state index contributed by atoms with van der Waals surface area (Å²) in [5.74, 6) is -0.742. The lowest BCUT2D eigenvalue weighted by Crippen LogP contribution is -2.23. The van der Waals surface area contributed by atoms with Crippen LogP contribution in [-0.4, -0.2) is 16.1 Å². The van der Waals surface area contributed by atoms with Crippen LogP contribution in [0.4, 0.5) is 4.39 Å². The van der Waals surface area contributed by atoms with Gasteiger partial charge in [0.05, 0.1) is 22.5 Å². The SMILES string of the molecule is CCc1ccc(-c2[nH]ncc2C(=O)NCc2ccc(F)c(Cl)c2)cc1. The quantitative estimate of drug-likeness (QED) is 0.712. The fourth-order valence-corrected chi connectivity index (χ4v) is 2.72. The summed E-state index contributed by atoms with van der Waals surface area (Å²) < 4.78 is 13.2. The summed E-state index contributed by atoms with van der Waals surface area (Å²) in [6.45, 7) is 2.34. The Morgan fingerprint density at radius 3 is 2.60 bits per heavy atom. The van der Waals surface area contributed by atoms with Gasteiger partial charge in [-0.2, -0.15) is 5.10 Å². The van der Waals surface area contributed by atoms with Crippen molar-refractivity contribution in [2.45, 2.75) is 19.9 Å². The van der Waals surface area contributed by atoms with Crippen LogP contribution < -0.4 is 5.32 Å². The molecule has 1 amide bonds. The standard InChI is InChI=1S/C19H17ClFN3O/c1-2-12-3-6-14(7-4-12)18-15(11-23-24-18)19(25)22-10-13-5-8-17(21)16(20)9-13/h3-9,11H,2,10H2,1H3,(H,22,25)(H,23,24). The number of hydrogen-bond acceptors (Lipinski definition) is 2. The Labute approximate surface area is 150 Å². The molecule has 6 heteroatoms. The van der Waals surface area contributed by atoms with Gasteiger partial charge >= 0.3 is 0 Å². The minimum absolute atomic E-state index is 0.0340. The highest BCUT2D eigenvalue weighted by atomic mass is 35.5. The second-order valence-corrected chi connectivity index (χ2v) is 6.05. The molecule has 0 spiro atoms. The number of nitrogens with zero attached hydrogens (tertiary/aromatic N) is 1. The lowest BCUT2D eigenvalue weighted by Gasteiger charge is -2.07. The molecule has 0 aliphatic carbocycles. The molecule has 0 atom stereocenters. The smallest absolute Gasteiger partial charge is 0.255 e. The summed E-state index contributed by atoms with van der Waals surface area (Å²) in [6.07, 6.45) is 2.45. The van der Waals surface area contributed by atoms with E-state index in [2.05, 4.69) is 22.4 Å². The van der Waals surface area contributed by atoms with Crippen LogP contribution in [0.1, 0.15) is 28.4 Å². The molecule has 0 aliphatic rings. The second-order valence-electron chi connectivity index (χ2n) is 5.64. The summed E-state index contributed by atoms with van der Waals surface area (Å²) in [5.41, 5.74) is 3.96. The monoisotopic (exact) mass is 357 g/mol. The fraction of sp³-hybridized carbons (Fsp3) is 0.158. The van der Waals surface area contributed by atoms with Crippen LogP contribution in [0, 0.1) is 5.82 Å². The van der Waals surface area contributed by atoms with Crippen LogP contribution in [0.2, 0.25) is 5.02 Å². The van der Waals surface area contributed by atoms with Gasteiger partial charge in [0, 0.05) is 12.1 Å². The Hall–Kier alpha value is -2.66. The third-order valence-corrected chi connectivity index (χ3v) is 4.26. The van der Waals surface area contributed by atoms with Gasteiger partial charge < -0.3 is 5.32 Å². The molecule has 3 rings (SSSR count). The number of halogens is 2. The maximum Gasteiger partial charge on any atom is 0.255 e. The minimum atomic E-state index is -0.482. The number of aryl methyl sites for hydroxylation is 1. The van der Waals surface area contributed by atoms with Gasteiger partial charge in [-0.05, 0) is 29.7 Å². The minimum Gasteiger partial charge on any atom is -0.348 e. The van der Waals surface area contributed by atoms with Crippen molar-refractivity contribution in [3.05, 3.63) is 76.2 Å².